The van der Waals surface area contributed by atoms with Crippen molar-refractivity contribution in [2.24, 2.45) is 0 Å². The van der Waals surface area contributed by atoms with Crippen LogP contribution in [0.1, 0.15) is 33.6 Å². The lowest BCUT2D eigenvalue weighted by Gasteiger charge is -2.30. The standard InChI is InChI=1S/C25H33N3O3S/c1-19(2)28(20(3)4)14-15-29-23-12-10-21(11-13-23)25-27-26-24(31-25)18-32-17-16-30-22-8-6-5-7-9-22/h5-13,19-20H,14-18H2,1-4H3. The van der Waals surface area contributed by atoms with E-state index in [1.807, 2.05) is 54.6 Å². The third-order valence-electron chi connectivity index (χ3n) is 4.98. The third-order valence-corrected chi connectivity index (χ3v) is 5.88. The van der Waals surface area contributed by atoms with E-state index in [9.17, 15) is 0 Å². The first kappa shape index (κ1) is 24.1. The summed E-state index contributed by atoms with van der Waals surface area (Å²) in [5.74, 6) is 4.39. The van der Waals surface area contributed by atoms with E-state index >= 15 is 0 Å². The first-order valence-electron chi connectivity index (χ1n) is 11.1. The highest BCUT2D eigenvalue weighted by atomic mass is 32.2. The van der Waals surface area contributed by atoms with Crippen LogP contribution in [0.5, 0.6) is 11.5 Å². The first-order valence-corrected chi connectivity index (χ1v) is 12.3. The fourth-order valence-corrected chi connectivity index (χ4v) is 4.04. The molecule has 0 unspecified atom stereocenters. The molecule has 0 aliphatic rings. The lowest BCUT2D eigenvalue weighted by molar-refractivity contribution is 0.142. The minimum Gasteiger partial charge on any atom is -0.493 e. The first-order chi connectivity index (χ1) is 15.5. The molecule has 0 N–H and O–H groups in total. The van der Waals surface area contributed by atoms with Gasteiger partial charge in [-0.05, 0) is 64.1 Å². The fraction of sp³-hybridized carbons (Fsp3) is 0.440. The Hall–Kier alpha value is -2.51. The zero-order valence-corrected chi connectivity index (χ0v) is 20.2. The van der Waals surface area contributed by atoms with Crippen LogP contribution in [0.2, 0.25) is 0 Å². The smallest absolute Gasteiger partial charge is 0.247 e. The van der Waals surface area contributed by atoms with E-state index < -0.39 is 0 Å². The van der Waals surface area contributed by atoms with E-state index in [0.29, 0.717) is 42.8 Å². The number of para-hydroxylation sites is 1. The molecule has 3 aromatic rings. The Morgan fingerprint density at radius 2 is 1.50 bits per heavy atom. The molecule has 2 aromatic carbocycles. The van der Waals surface area contributed by atoms with Crippen LogP contribution >= 0.6 is 11.8 Å². The molecule has 0 saturated heterocycles. The summed E-state index contributed by atoms with van der Waals surface area (Å²) in [6.07, 6.45) is 0. The Bertz CT molecular complexity index is 906. The van der Waals surface area contributed by atoms with E-state index in [0.717, 1.165) is 29.4 Å². The van der Waals surface area contributed by atoms with E-state index in [-0.39, 0.29) is 0 Å². The van der Waals surface area contributed by atoms with Crippen LogP contribution in [0.4, 0.5) is 0 Å². The molecule has 0 spiro atoms. The minimum absolute atomic E-state index is 0.502. The lowest BCUT2D eigenvalue weighted by atomic mass is 10.2. The number of thioether (sulfide) groups is 1. The van der Waals surface area contributed by atoms with Crippen LogP contribution < -0.4 is 9.47 Å². The molecule has 0 bridgehead atoms. The zero-order valence-electron chi connectivity index (χ0n) is 19.4. The molecular weight excluding hydrogens is 422 g/mol. The highest BCUT2D eigenvalue weighted by Crippen LogP contribution is 2.23. The third kappa shape index (κ3) is 7.57. The normalized spacial score (nSPS) is 11.5. The van der Waals surface area contributed by atoms with Crippen LogP contribution in [0, 0.1) is 0 Å². The average Bonchev–Trinajstić information content (AvgIpc) is 3.26. The molecule has 0 fully saturated rings. The van der Waals surface area contributed by atoms with E-state index in [4.69, 9.17) is 13.9 Å². The van der Waals surface area contributed by atoms with Crippen molar-refractivity contribution in [3.05, 3.63) is 60.5 Å². The van der Waals surface area contributed by atoms with Gasteiger partial charge in [-0.2, -0.15) is 0 Å². The molecule has 0 radical (unpaired) electrons. The molecular formula is C25H33N3O3S. The summed E-state index contributed by atoms with van der Waals surface area (Å²) < 4.78 is 17.4. The molecule has 1 heterocycles. The van der Waals surface area contributed by atoms with Gasteiger partial charge in [0.2, 0.25) is 11.8 Å². The molecule has 0 atom stereocenters. The lowest BCUT2D eigenvalue weighted by Crippen LogP contribution is -2.39. The largest absolute Gasteiger partial charge is 0.493 e. The molecule has 32 heavy (non-hydrogen) atoms. The summed E-state index contributed by atoms with van der Waals surface area (Å²) in [5.41, 5.74) is 0.888. The SMILES string of the molecule is CC(C)N(CCOc1ccc(-c2nnc(CSCCOc3ccccc3)o2)cc1)C(C)C. The number of benzene rings is 2. The summed E-state index contributed by atoms with van der Waals surface area (Å²) in [5, 5.41) is 8.34. The number of aromatic nitrogens is 2. The van der Waals surface area contributed by atoms with E-state index in [2.05, 4.69) is 42.8 Å². The number of hydrogen-bond acceptors (Lipinski definition) is 7. The molecule has 0 aliphatic heterocycles. The number of hydrogen-bond donors (Lipinski definition) is 0. The average molecular weight is 456 g/mol. The van der Waals surface area contributed by atoms with Crippen molar-refractivity contribution in [1.29, 1.82) is 0 Å². The second-order valence-electron chi connectivity index (χ2n) is 8.01. The van der Waals surface area contributed by atoms with Gasteiger partial charge in [0.15, 0.2) is 0 Å². The summed E-state index contributed by atoms with van der Waals surface area (Å²) in [4.78, 5) is 2.42. The van der Waals surface area contributed by atoms with Gasteiger partial charge in [-0.15, -0.1) is 22.0 Å². The molecule has 0 saturated carbocycles. The Morgan fingerprint density at radius 3 is 2.19 bits per heavy atom. The maximum atomic E-state index is 5.92. The topological polar surface area (TPSA) is 60.6 Å². The molecule has 7 heteroatoms. The van der Waals surface area contributed by atoms with Gasteiger partial charge in [-0.25, -0.2) is 0 Å². The number of nitrogens with zero attached hydrogens (tertiary/aromatic N) is 3. The van der Waals surface area contributed by atoms with Crippen LogP contribution in [-0.4, -0.2) is 52.7 Å². The zero-order chi connectivity index (χ0) is 22.8. The van der Waals surface area contributed by atoms with Crippen molar-refractivity contribution >= 4 is 11.8 Å². The Morgan fingerprint density at radius 1 is 0.844 bits per heavy atom. The van der Waals surface area contributed by atoms with Crippen LogP contribution in [0.3, 0.4) is 0 Å². The minimum atomic E-state index is 0.502. The Kier molecular flexibility index (Phi) is 9.43. The van der Waals surface area contributed by atoms with Crippen molar-refractivity contribution in [2.75, 3.05) is 25.5 Å². The van der Waals surface area contributed by atoms with Crippen LogP contribution in [0.15, 0.2) is 59.0 Å². The molecule has 172 valence electrons. The Balaban J connectivity index is 1.40. The van der Waals surface area contributed by atoms with Crippen LogP contribution in [-0.2, 0) is 5.75 Å². The molecule has 0 amide bonds. The summed E-state index contributed by atoms with van der Waals surface area (Å²) in [7, 11) is 0. The van der Waals surface area contributed by atoms with Gasteiger partial charge in [0, 0.05) is 29.9 Å². The highest BCUT2D eigenvalue weighted by molar-refractivity contribution is 7.98. The van der Waals surface area contributed by atoms with Gasteiger partial charge in [0.05, 0.1) is 12.4 Å². The molecule has 6 nitrogen and oxygen atoms in total. The van der Waals surface area contributed by atoms with Crippen LogP contribution in [0.25, 0.3) is 11.5 Å². The van der Waals surface area contributed by atoms with Crippen molar-refractivity contribution in [3.63, 3.8) is 0 Å². The summed E-state index contributed by atoms with van der Waals surface area (Å²) in [6.45, 7) is 11.1. The van der Waals surface area contributed by atoms with E-state index in [1.54, 1.807) is 11.8 Å². The predicted octanol–water partition coefficient (Wildman–Crippen LogP) is 5.55. The van der Waals surface area contributed by atoms with E-state index in [1.165, 1.54) is 0 Å². The second-order valence-corrected chi connectivity index (χ2v) is 9.12. The van der Waals surface area contributed by atoms with Crippen molar-refractivity contribution in [2.45, 2.75) is 45.5 Å². The fourth-order valence-electron chi connectivity index (χ4n) is 3.40. The predicted molar refractivity (Wildman–Crippen MR) is 130 cm³/mol. The molecule has 0 aliphatic carbocycles. The number of ether oxygens (including phenoxy) is 2. The van der Waals surface area contributed by atoms with Crippen molar-refractivity contribution in [1.82, 2.24) is 15.1 Å². The molecule has 1 aromatic heterocycles. The van der Waals surface area contributed by atoms with Gasteiger partial charge >= 0.3 is 0 Å². The van der Waals surface area contributed by atoms with Gasteiger partial charge < -0.3 is 13.9 Å². The molecule has 3 rings (SSSR count). The second kappa shape index (κ2) is 12.5. The maximum Gasteiger partial charge on any atom is 0.247 e. The van der Waals surface area contributed by atoms with Crippen molar-refractivity contribution in [3.8, 4) is 23.0 Å². The summed E-state index contributed by atoms with van der Waals surface area (Å²) in [6, 6.07) is 18.6. The maximum absolute atomic E-state index is 5.92. The van der Waals surface area contributed by atoms with Crippen molar-refractivity contribution < 1.29 is 13.9 Å². The monoisotopic (exact) mass is 455 g/mol. The summed E-state index contributed by atoms with van der Waals surface area (Å²) >= 11 is 1.71. The van der Waals surface area contributed by atoms with Gasteiger partial charge in [-0.1, -0.05) is 18.2 Å². The quantitative estimate of drug-likeness (QED) is 0.313. The van der Waals surface area contributed by atoms with Gasteiger partial charge in [0.1, 0.15) is 18.1 Å². The Labute approximate surface area is 195 Å². The van der Waals surface area contributed by atoms with Gasteiger partial charge in [0.25, 0.3) is 0 Å². The van der Waals surface area contributed by atoms with Gasteiger partial charge in [-0.3, -0.25) is 4.90 Å². The highest BCUT2D eigenvalue weighted by Gasteiger charge is 2.13. The number of rotatable bonds is 13.